The van der Waals surface area contributed by atoms with E-state index in [4.69, 9.17) is 4.52 Å². The molecule has 0 atom stereocenters. The van der Waals surface area contributed by atoms with Crippen molar-refractivity contribution >= 4 is 27.3 Å². The largest absolute Gasteiger partial charge is 0.361 e. The average Bonchev–Trinajstić information content (AvgIpc) is 2.78. The lowest BCUT2D eigenvalue weighted by Gasteiger charge is -2.01. The number of nitrogens with zero attached hydrogens (tertiary/aromatic N) is 1. The first-order chi connectivity index (χ1) is 7.66. The Morgan fingerprint density at radius 1 is 1.44 bits per heavy atom. The summed E-state index contributed by atoms with van der Waals surface area (Å²) in [5.41, 5.74) is 2.13. The van der Waals surface area contributed by atoms with Crippen LogP contribution < -0.4 is 5.32 Å². The molecule has 16 heavy (non-hydrogen) atoms. The fourth-order valence-corrected chi connectivity index (χ4v) is 2.93. The smallest absolute Gasteiger partial charge is 0.138 e. The lowest BCUT2D eigenvalue weighted by molar-refractivity contribution is 0.392. The van der Waals surface area contributed by atoms with Crippen molar-refractivity contribution in [3.63, 3.8) is 0 Å². The average molecular weight is 301 g/mol. The van der Waals surface area contributed by atoms with Crippen LogP contribution in [0.25, 0.3) is 0 Å². The molecular weight excluding hydrogens is 288 g/mol. The van der Waals surface area contributed by atoms with Crippen molar-refractivity contribution in [2.24, 2.45) is 0 Å². The predicted molar refractivity (Wildman–Crippen MR) is 68.5 cm³/mol. The number of hydrogen-bond acceptors (Lipinski definition) is 4. The Hall–Kier alpha value is -0.650. The molecule has 0 unspecified atom stereocenters. The summed E-state index contributed by atoms with van der Waals surface area (Å²) < 4.78 is 6.25. The van der Waals surface area contributed by atoms with Gasteiger partial charge in [0.05, 0.1) is 5.69 Å². The molecule has 86 valence electrons. The maximum atomic E-state index is 5.11. The quantitative estimate of drug-likeness (QED) is 0.940. The fourth-order valence-electron chi connectivity index (χ4n) is 1.51. The molecule has 0 aromatic carbocycles. The van der Waals surface area contributed by atoms with Gasteiger partial charge < -0.3 is 9.84 Å². The van der Waals surface area contributed by atoms with Crippen molar-refractivity contribution in [1.29, 1.82) is 0 Å². The Kier molecular flexibility index (Phi) is 3.78. The molecule has 2 heterocycles. The number of aromatic nitrogens is 1. The Labute approximate surface area is 107 Å². The predicted octanol–water partition coefficient (Wildman–Crippen LogP) is 3.41. The van der Waals surface area contributed by atoms with E-state index in [-0.39, 0.29) is 0 Å². The molecule has 0 aliphatic heterocycles. The molecule has 3 nitrogen and oxygen atoms in total. The minimum Gasteiger partial charge on any atom is -0.361 e. The van der Waals surface area contributed by atoms with Crippen LogP contribution >= 0.6 is 27.3 Å². The first-order valence-electron chi connectivity index (χ1n) is 5.02. The number of thiophene rings is 1. The summed E-state index contributed by atoms with van der Waals surface area (Å²) in [6, 6.07) is 2.13. The van der Waals surface area contributed by atoms with Gasteiger partial charge in [0.25, 0.3) is 0 Å². The molecule has 0 amide bonds. The summed E-state index contributed by atoms with van der Waals surface area (Å²) in [7, 11) is 0. The highest BCUT2D eigenvalue weighted by Gasteiger charge is 2.08. The molecule has 5 heteroatoms. The number of rotatable bonds is 4. The second kappa shape index (κ2) is 5.12. The van der Waals surface area contributed by atoms with E-state index in [0.29, 0.717) is 0 Å². The lowest BCUT2D eigenvalue weighted by Crippen LogP contribution is -2.12. The Balaban J connectivity index is 1.89. The number of nitrogens with one attached hydrogen (secondary N) is 1. The van der Waals surface area contributed by atoms with Crippen LogP contribution in [-0.2, 0) is 13.1 Å². The van der Waals surface area contributed by atoms with Crippen molar-refractivity contribution in [3.8, 4) is 0 Å². The van der Waals surface area contributed by atoms with E-state index in [2.05, 4.69) is 37.8 Å². The van der Waals surface area contributed by atoms with Gasteiger partial charge in [0, 0.05) is 33.4 Å². The summed E-state index contributed by atoms with van der Waals surface area (Å²) in [5.74, 6) is 0.900. The Morgan fingerprint density at radius 2 is 2.25 bits per heavy atom. The summed E-state index contributed by atoms with van der Waals surface area (Å²) in [6.07, 6.45) is 0. The molecule has 0 bridgehead atoms. The normalized spacial score (nSPS) is 10.9. The summed E-state index contributed by atoms with van der Waals surface area (Å²) in [4.78, 5) is 1.32. The molecule has 2 rings (SSSR count). The highest BCUT2D eigenvalue weighted by atomic mass is 79.9. The van der Waals surface area contributed by atoms with Gasteiger partial charge in [-0.15, -0.1) is 11.3 Å². The molecule has 0 fully saturated rings. The van der Waals surface area contributed by atoms with E-state index in [1.807, 2.05) is 13.8 Å². The van der Waals surface area contributed by atoms with Gasteiger partial charge in [0.1, 0.15) is 5.76 Å². The van der Waals surface area contributed by atoms with Crippen LogP contribution in [-0.4, -0.2) is 5.16 Å². The second-order valence-electron chi connectivity index (χ2n) is 3.64. The Morgan fingerprint density at radius 3 is 2.81 bits per heavy atom. The van der Waals surface area contributed by atoms with E-state index < -0.39 is 0 Å². The molecule has 1 N–H and O–H groups in total. The van der Waals surface area contributed by atoms with Crippen molar-refractivity contribution in [3.05, 3.63) is 37.8 Å². The maximum absolute atomic E-state index is 5.11. The maximum Gasteiger partial charge on any atom is 0.138 e. The molecule has 2 aromatic heterocycles. The van der Waals surface area contributed by atoms with Crippen LogP contribution in [0.2, 0.25) is 0 Å². The van der Waals surface area contributed by atoms with Crippen LogP contribution in [0.3, 0.4) is 0 Å². The highest BCUT2D eigenvalue weighted by Crippen LogP contribution is 2.19. The van der Waals surface area contributed by atoms with Crippen molar-refractivity contribution in [2.75, 3.05) is 0 Å². The van der Waals surface area contributed by atoms with E-state index in [0.717, 1.165) is 34.6 Å². The van der Waals surface area contributed by atoms with E-state index in [1.54, 1.807) is 11.3 Å². The van der Waals surface area contributed by atoms with Gasteiger partial charge in [-0.3, -0.25) is 0 Å². The van der Waals surface area contributed by atoms with Crippen molar-refractivity contribution < 1.29 is 4.52 Å². The minimum atomic E-state index is 0.802. The molecule has 0 saturated carbocycles. The minimum absolute atomic E-state index is 0.802. The lowest BCUT2D eigenvalue weighted by atomic mass is 10.2. The first-order valence-corrected chi connectivity index (χ1v) is 6.69. The van der Waals surface area contributed by atoms with Gasteiger partial charge >= 0.3 is 0 Å². The third kappa shape index (κ3) is 2.72. The zero-order valence-corrected chi connectivity index (χ0v) is 11.6. The molecule has 0 aliphatic carbocycles. The fraction of sp³-hybridized carbons (Fsp3) is 0.364. The van der Waals surface area contributed by atoms with Crippen molar-refractivity contribution in [2.45, 2.75) is 26.9 Å². The van der Waals surface area contributed by atoms with Gasteiger partial charge in [-0.2, -0.15) is 0 Å². The van der Waals surface area contributed by atoms with E-state index in [1.165, 1.54) is 4.88 Å². The zero-order valence-electron chi connectivity index (χ0n) is 9.21. The molecule has 0 spiro atoms. The number of halogens is 1. The summed E-state index contributed by atoms with van der Waals surface area (Å²) in [6.45, 7) is 5.59. The number of hydrogen-bond donors (Lipinski definition) is 1. The van der Waals surface area contributed by atoms with E-state index >= 15 is 0 Å². The topological polar surface area (TPSA) is 38.1 Å². The van der Waals surface area contributed by atoms with Gasteiger partial charge in [0.2, 0.25) is 0 Å². The molecule has 2 aromatic rings. The standard InChI is InChI=1S/C11H13BrN2OS/c1-7-11(8(2)15-14-7)5-13-4-10-3-9(12)6-16-10/h3,6,13H,4-5H2,1-2H3. The monoisotopic (exact) mass is 300 g/mol. The summed E-state index contributed by atoms with van der Waals surface area (Å²) >= 11 is 5.19. The SMILES string of the molecule is Cc1noc(C)c1CNCc1cc(Br)cs1. The van der Waals surface area contributed by atoms with Crippen LogP contribution in [0.4, 0.5) is 0 Å². The van der Waals surface area contributed by atoms with Gasteiger partial charge in [-0.1, -0.05) is 5.16 Å². The van der Waals surface area contributed by atoms with Crippen LogP contribution in [0.15, 0.2) is 20.4 Å². The molecular formula is C11H13BrN2OS. The summed E-state index contributed by atoms with van der Waals surface area (Å²) in [5, 5.41) is 9.40. The third-order valence-electron chi connectivity index (χ3n) is 2.40. The third-order valence-corrected chi connectivity index (χ3v) is 4.10. The van der Waals surface area contributed by atoms with Gasteiger partial charge in [-0.05, 0) is 35.8 Å². The first kappa shape index (κ1) is 11.8. The van der Waals surface area contributed by atoms with Gasteiger partial charge in [0.15, 0.2) is 0 Å². The zero-order chi connectivity index (χ0) is 11.5. The highest BCUT2D eigenvalue weighted by molar-refractivity contribution is 9.10. The van der Waals surface area contributed by atoms with Crippen LogP contribution in [0.1, 0.15) is 21.9 Å². The van der Waals surface area contributed by atoms with Crippen molar-refractivity contribution in [1.82, 2.24) is 10.5 Å². The molecule has 0 aliphatic rings. The van der Waals surface area contributed by atoms with Crippen LogP contribution in [0, 0.1) is 13.8 Å². The van der Waals surface area contributed by atoms with Crippen LogP contribution in [0.5, 0.6) is 0 Å². The Bertz CT molecular complexity index is 459. The molecule has 0 radical (unpaired) electrons. The number of aryl methyl sites for hydroxylation is 2. The molecule has 0 saturated heterocycles. The van der Waals surface area contributed by atoms with E-state index in [9.17, 15) is 0 Å². The van der Waals surface area contributed by atoms with Gasteiger partial charge in [-0.25, -0.2) is 0 Å². The second-order valence-corrected chi connectivity index (χ2v) is 5.55.